The Morgan fingerprint density at radius 3 is 2.47 bits per heavy atom. The SMILES string of the molecule is NN=C(N)NNC(=S)NC(=O)c1ccccc1. The highest BCUT2D eigenvalue weighted by Gasteiger charge is 2.06. The first kappa shape index (κ1) is 12.7. The normalized spacial score (nSPS) is 10.5. The first-order valence-corrected chi connectivity index (χ1v) is 5.00. The first-order chi connectivity index (χ1) is 8.13. The molecule has 7 N–H and O–H groups in total. The Hall–Kier alpha value is -2.35. The third-order valence-corrected chi connectivity index (χ3v) is 1.91. The number of rotatable bonds is 1. The van der Waals surface area contributed by atoms with E-state index in [0.717, 1.165) is 0 Å². The third-order valence-electron chi connectivity index (χ3n) is 1.71. The van der Waals surface area contributed by atoms with Crippen molar-refractivity contribution in [2.75, 3.05) is 0 Å². The van der Waals surface area contributed by atoms with Crippen LogP contribution in [0.1, 0.15) is 10.4 Å². The monoisotopic (exact) mass is 252 g/mol. The van der Waals surface area contributed by atoms with E-state index in [4.69, 9.17) is 23.8 Å². The van der Waals surface area contributed by atoms with Gasteiger partial charge in [-0.25, -0.2) is 0 Å². The number of nitrogens with zero attached hydrogens (tertiary/aromatic N) is 1. The van der Waals surface area contributed by atoms with Crippen LogP contribution in [0.25, 0.3) is 0 Å². The Bertz CT molecular complexity index is 432. The predicted molar refractivity (Wildman–Crippen MR) is 68.6 cm³/mol. The minimum Gasteiger partial charge on any atom is -0.367 e. The van der Waals surface area contributed by atoms with Crippen LogP contribution in [0.5, 0.6) is 0 Å². The molecule has 8 heteroatoms. The van der Waals surface area contributed by atoms with Crippen molar-refractivity contribution in [3.63, 3.8) is 0 Å². The van der Waals surface area contributed by atoms with Crippen molar-refractivity contribution in [1.29, 1.82) is 0 Å². The molecular weight excluding hydrogens is 240 g/mol. The van der Waals surface area contributed by atoms with Crippen molar-refractivity contribution in [2.45, 2.75) is 0 Å². The molecule has 0 spiro atoms. The molecule has 0 radical (unpaired) electrons. The second kappa shape index (κ2) is 6.28. The van der Waals surface area contributed by atoms with Gasteiger partial charge in [0.1, 0.15) is 0 Å². The zero-order chi connectivity index (χ0) is 12.7. The minimum atomic E-state index is -0.326. The summed E-state index contributed by atoms with van der Waals surface area (Å²) in [4.78, 5) is 11.6. The van der Waals surface area contributed by atoms with Crippen molar-refractivity contribution in [3.8, 4) is 0 Å². The molecule has 0 atom stereocenters. The van der Waals surface area contributed by atoms with Gasteiger partial charge in [0.05, 0.1) is 0 Å². The number of hydrogen-bond donors (Lipinski definition) is 5. The molecule has 7 nitrogen and oxygen atoms in total. The summed E-state index contributed by atoms with van der Waals surface area (Å²) in [6.07, 6.45) is 0. The van der Waals surface area contributed by atoms with E-state index in [1.807, 2.05) is 6.07 Å². The molecule has 0 aliphatic rings. The fourth-order valence-electron chi connectivity index (χ4n) is 0.949. The molecule has 1 aromatic carbocycles. The highest BCUT2D eigenvalue weighted by molar-refractivity contribution is 7.80. The summed E-state index contributed by atoms with van der Waals surface area (Å²) in [6, 6.07) is 8.65. The summed E-state index contributed by atoms with van der Waals surface area (Å²) in [6.45, 7) is 0. The fraction of sp³-hybridized carbons (Fsp3) is 0. The standard InChI is InChI=1S/C9H12N6OS/c10-8(13-11)14-15-9(17)12-7(16)6-4-2-1-3-5-6/h1-5H,11H2,(H3,10,13,14)(H2,12,15,16,17). The van der Waals surface area contributed by atoms with Crippen LogP contribution >= 0.6 is 12.2 Å². The lowest BCUT2D eigenvalue weighted by molar-refractivity contribution is 0.0976. The highest BCUT2D eigenvalue weighted by atomic mass is 32.1. The number of nitrogens with one attached hydrogen (secondary N) is 3. The molecule has 0 bridgehead atoms. The second-order valence-electron chi connectivity index (χ2n) is 2.91. The zero-order valence-electron chi connectivity index (χ0n) is 8.81. The molecule has 17 heavy (non-hydrogen) atoms. The van der Waals surface area contributed by atoms with Gasteiger partial charge in [0.15, 0.2) is 5.11 Å². The van der Waals surface area contributed by atoms with Gasteiger partial charge in [-0.2, -0.15) is 0 Å². The molecule has 1 amide bonds. The Morgan fingerprint density at radius 2 is 1.88 bits per heavy atom. The van der Waals surface area contributed by atoms with Crippen LogP contribution in [0, 0.1) is 0 Å². The quantitative estimate of drug-likeness (QED) is 0.144. The largest absolute Gasteiger partial charge is 0.367 e. The molecule has 0 saturated heterocycles. The maximum absolute atomic E-state index is 11.6. The summed E-state index contributed by atoms with van der Waals surface area (Å²) in [5.41, 5.74) is 10.6. The molecule has 0 unspecified atom stereocenters. The number of benzene rings is 1. The molecule has 90 valence electrons. The van der Waals surface area contributed by atoms with E-state index in [1.165, 1.54) is 0 Å². The summed E-state index contributed by atoms with van der Waals surface area (Å²) >= 11 is 4.84. The molecule has 0 aliphatic carbocycles. The highest BCUT2D eigenvalue weighted by Crippen LogP contribution is 1.97. The number of hydrazine groups is 1. The Balaban J connectivity index is 2.44. The molecule has 0 fully saturated rings. The van der Waals surface area contributed by atoms with Gasteiger partial charge < -0.3 is 11.6 Å². The van der Waals surface area contributed by atoms with Crippen LogP contribution in [0.15, 0.2) is 35.4 Å². The number of amides is 1. The van der Waals surface area contributed by atoms with Crippen molar-refractivity contribution < 1.29 is 4.79 Å². The smallest absolute Gasteiger partial charge is 0.257 e. The molecular formula is C9H12N6OS. The average Bonchev–Trinajstić information content (AvgIpc) is 2.36. The van der Waals surface area contributed by atoms with E-state index < -0.39 is 0 Å². The molecule has 1 aromatic rings. The lowest BCUT2D eigenvalue weighted by Crippen LogP contribution is -2.51. The lowest BCUT2D eigenvalue weighted by atomic mass is 10.2. The van der Waals surface area contributed by atoms with Crippen LogP contribution in [0.3, 0.4) is 0 Å². The molecule has 1 rings (SSSR count). The summed E-state index contributed by atoms with van der Waals surface area (Å²) < 4.78 is 0. The molecule has 0 aromatic heterocycles. The number of carbonyl (C=O) groups is 1. The summed E-state index contributed by atoms with van der Waals surface area (Å²) in [7, 11) is 0. The third kappa shape index (κ3) is 4.34. The number of thiocarbonyl (C=S) groups is 1. The number of carbonyl (C=O) groups excluding carboxylic acids is 1. The van der Waals surface area contributed by atoms with Crippen molar-refractivity contribution in [2.24, 2.45) is 16.7 Å². The van der Waals surface area contributed by atoms with Crippen LogP contribution in [-0.2, 0) is 0 Å². The predicted octanol–water partition coefficient (Wildman–Crippen LogP) is -1.02. The van der Waals surface area contributed by atoms with E-state index >= 15 is 0 Å². The van der Waals surface area contributed by atoms with Gasteiger partial charge in [0, 0.05) is 5.56 Å². The van der Waals surface area contributed by atoms with Gasteiger partial charge in [0.2, 0.25) is 5.96 Å². The fourth-order valence-corrected chi connectivity index (χ4v) is 1.09. The Kier molecular flexibility index (Phi) is 4.70. The zero-order valence-corrected chi connectivity index (χ0v) is 9.62. The van der Waals surface area contributed by atoms with Crippen molar-refractivity contribution >= 4 is 29.2 Å². The second-order valence-corrected chi connectivity index (χ2v) is 3.32. The van der Waals surface area contributed by atoms with Crippen LogP contribution in [0.2, 0.25) is 0 Å². The Labute approximate surface area is 103 Å². The molecule has 0 saturated carbocycles. The van der Waals surface area contributed by atoms with Gasteiger partial charge in [-0.05, 0) is 24.4 Å². The van der Waals surface area contributed by atoms with Crippen LogP contribution in [-0.4, -0.2) is 17.0 Å². The number of guanidine groups is 1. The lowest BCUT2D eigenvalue weighted by Gasteiger charge is -2.10. The van der Waals surface area contributed by atoms with Crippen molar-refractivity contribution in [3.05, 3.63) is 35.9 Å². The topological polar surface area (TPSA) is 118 Å². The van der Waals surface area contributed by atoms with E-state index in [2.05, 4.69) is 21.3 Å². The van der Waals surface area contributed by atoms with E-state index in [-0.39, 0.29) is 17.0 Å². The molecule has 0 heterocycles. The summed E-state index contributed by atoms with van der Waals surface area (Å²) in [5, 5.41) is 5.65. The number of hydrazone groups is 1. The van der Waals surface area contributed by atoms with Gasteiger partial charge in [-0.3, -0.25) is 21.0 Å². The average molecular weight is 252 g/mol. The van der Waals surface area contributed by atoms with Gasteiger partial charge in [-0.15, -0.1) is 5.10 Å². The van der Waals surface area contributed by atoms with E-state index in [0.29, 0.717) is 5.56 Å². The van der Waals surface area contributed by atoms with Gasteiger partial charge in [0.25, 0.3) is 5.91 Å². The van der Waals surface area contributed by atoms with Gasteiger partial charge in [-0.1, -0.05) is 18.2 Å². The maximum Gasteiger partial charge on any atom is 0.257 e. The van der Waals surface area contributed by atoms with E-state index in [9.17, 15) is 4.79 Å². The summed E-state index contributed by atoms with van der Waals surface area (Å²) in [5.74, 6) is 4.50. The van der Waals surface area contributed by atoms with Gasteiger partial charge >= 0.3 is 0 Å². The first-order valence-electron chi connectivity index (χ1n) is 4.59. The van der Waals surface area contributed by atoms with Crippen molar-refractivity contribution in [1.82, 2.24) is 16.2 Å². The maximum atomic E-state index is 11.6. The number of hydrogen-bond acceptors (Lipinski definition) is 4. The van der Waals surface area contributed by atoms with E-state index in [1.54, 1.807) is 24.3 Å². The Morgan fingerprint density at radius 1 is 1.24 bits per heavy atom. The van der Waals surface area contributed by atoms with Crippen LogP contribution in [0.4, 0.5) is 0 Å². The number of nitrogens with two attached hydrogens (primary N) is 2. The van der Waals surface area contributed by atoms with Crippen LogP contribution < -0.4 is 27.7 Å². The minimum absolute atomic E-state index is 0.0543. The molecule has 0 aliphatic heterocycles.